The molecule has 0 atom stereocenters. The third-order valence-corrected chi connectivity index (χ3v) is 4.75. The first-order valence-corrected chi connectivity index (χ1v) is 9.74. The standard InChI is InChI=1S/C22H17ClN6O2/c23-18-3-1-2-4-20(18)29-14-19(27-28-29)22(31)25-13-15-5-7-17(8-6-15)26-21(30)16-9-11-24-12-10-16/h1-12,14H,13H2,(H,25,31)(H,26,30). The van der Waals surface area contributed by atoms with E-state index in [1.165, 1.54) is 10.9 Å². The van der Waals surface area contributed by atoms with Gasteiger partial charge in [0.2, 0.25) is 0 Å². The molecule has 154 valence electrons. The summed E-state index contributed by atoms with van der Waals surface area (Å²) in [6.07, 6.45) is 4.65. The van der Waals surface area contributed by atoms with Crippen molar-refractivity contribution in [3.63, 3.8) is 0 Å². The van der Waals surface area contributed by atoms with Crippen molar-refractivity contribution in [3.8, 4) is 5.69 Å². The maximum absolute atomic E-state index is 12.4. The second-order valence-corrected chi connectivity index (χ2v) is 6.98. The number of hydrogen-bond donors (Lipinski definition) is 2. The Labute approximate surface area is 182 Å². The van der Waals surface area contributed by atoms with Crippen LogP contribution in [0.2, 0.25) is 5.02 Å². The van der Waals surface area contributed by atoms with Crippen LogP contribution in [0.4, 0.5) is 5.69 Å². The lowest BCUT2D eigenvalue weighted by molar-refractivity contribution is 0.0945. The molecule has 4 aromatic rings. The number of benzene rings is 2. The van der Waals surface area contributed by atoms with Gasteiger partial charge in [-0.25, -0.2) is 4.68 Å². The van der Waals surface area contributed by atoms with Crippen LogP contribution in [-0.2, 0) is 6.54 Å². The van der Waals surface area contributed by atoms with Gasteiger partial charge in [0.1, 0.15) is 0 Å². The number of carbonyl (C=O) groups excluding carboxylic acids is 2. The molecule has 0 saturated heterocycles. The Balaban J connectivity index is 1.34. The smallest absolute Gasteiger partial charge is 0.273 e. The molecule has 0 unspecified atom stereocenters. The van der Waals surface area contributed by atoms with Gasteiger partial charge in [-0.3, -0.25) is 14.6 Å². The molecule has 0 radical (unpaired) electrons. The summed E-state index contributed by atoms with van der Waals surface area (Å²) in [5, 5.41) is 14.0. The van der Waals surface area contributed by atoms with Crippen LogP contribution in [0.15, 0.2) is 79.3 Å². The number of nitrogens with zero attached hydrogens (tertiary/aromatic N) is 4. The monoisotopic (exact) mass is 432 g/mol. The van der Waals surface area contributed by atoms with Gasteiger partial charge < -0.3 is 10.6 Å². The van der Waals surface area contributed by atoms with E-state index in [1.807, 2.05) is 24.3 Å². The largest absolute Gasteiger partial charge is 0.347 e. The number of aromatic nitrogens is 4. The third kappa shape index (κ3) is 4.93. The normalized spacial score (nSPS) is 10.5. The zero-order chi connectivity index (χ0) is 21.6. The lowest BCUT2D eigenvalue weighted by Gasteiger charge is -2.07. The van der Waals surface area contributed by atoms with E-state index in [-0.39, 0.29) is 17.5 Å². The quantitative estimate of drug-likeness (QED) is 0.485. The fraction of sp³-hybridized carbons (Fsp3) is 0.0455. The van der Waals surface area contributed by atoms with Gasteiger partial charge in [-0.15, -0.1) is 5.10 Å². The fourth-order valence-electron chi connectivity index (χ4n) is 2.81. The minimum Gasteiger partial charge on any atom is -0.347 e. The summed E-state index contributed by atoms with van der Waals surface area (Å²) in [4.78, 5) is 28.5. The Morgan fingerprint density at radius 1 is 0.935 bits per heavy atom. The number of rotatable bonds is 6. The predicted octanol–water partition coefficient (Wildman–Crippen LogP) is 3.50. The molecule has 0 aliphatic carbocycles. The summed E-state index contributed by atoms with van der Waals surface area (Å²) in [6.45, 7) is 0.302. The predicted molar refractivity (Wildman–Crippen MR) is 116 cm³/mol. The molecule has 2 heterocycles. The maximum atomic E-state index is 12.4. The first kappa shape index (κ1) is 20.2. The minimum atomic E-state index is -0.353. The van der Waals surface area contributed by atoms with E-state index in [9.17, 15) is 9.59 Å². The van der Waals surface area contributed by atoms with Crippen molar-refractivity contribution in [3.05, 3.63) is 101 Å². The molecule has 0 bridgehead atoms. The van der Waals surface area contributed by atoms with E-state index in [1.54, 1.807) is 48.8 Å². The lowest BCUT2D eigenvalue weighted by atomic mass is 10.2. The summed E-state index contributed by atoms with van der Waals surface area (Å²) >= 11 is 6.15. The van der Waals surface area contributed by atoms with Crippen molar-refractivity contribution in [1.82, 2.24) is 25.3 Å². The topological polar surface area (TPSA) is 102 Å². The van der Waals surface area contributed by atoms with Crippen molar-refractivity contribution in [2.24, 2.45) is 0 Å². The van der Waals surface area contributed by atoms with Crippen molar-refractivity contribution in [2.45, 2.75) is 6.54 Å². The van der Waals surface area contributed by atoms with Gasteiger partial charge in [-0.2, -0.15) is 0 Å². The first-order chi connectivity index (χ1) is 15.1. The molecule has 0 spiro atoms. The van der Waals surface area contributed by atoms with Crippen LogP contribution in [0.1, 0.15) is 26.4 Å². The van der Waals surface area contributed by atoms with Gasteiger partial charge in [0, 0.05) is 30.2 Å². The highest BCUT2D eigenvalue weighted by molar-refractivity contribution is 6.32. The maximum Gasteiger partial charge on any atom is 0.273 e. The number of amides is 2. The molecule has 2 amide bonds. The third-order valence-electron chi connectivity index (χ3n) is 4.43. The molecule has 0 aliphatic rings. The number of hydrogen-bond acceptors (Lipinski definition) is 5. The first-order valence-electron chi connectivity index (χ1n) is 9.36. The van der Waals surface area contributed by atoms with Crippen LogP contribution in [0.5, 0.6) is 0 Å². The average molecular weight is 433 g/mol. The Morgan fingerprint density at radius 2 is 1.68 bits per heavy atom. The molecule has 8 nitrogen and oxygen atoms in total. The molecular formula is C22H17ClN6O2. The summed E-state index contributed by atoms with van der Waals surface area (Å²) in [5.41, 5.74) is 2.87. The molecule has 9 heteroatoms. The second-order valence-electron chi connectivity index (χ2n) is 6.57. The van der Waals surface area contributed by atoms with Gasteiger partial charge in [-0.1, -0.05) is 41.1 Å². The van der Waals surface area contributed by atoms with Crippen molar-refractivity contribution < 1.29 is 9.59 Å². The van der Waals surface area contributed by atoms with E-state index >= 15 is 0 Å². The van der Waals surface area contributed by atoms with Crippen LogP contribution >= 0.6 is 11.6 Å². The van der Waals surface area contributed by atoms with E-state index in [2.05, 4.69) is 25.9 Å². The molecule has 0 fully saturated rings. The number of para-hydroxylation sites is 1. The number of nitrogens with one attached hydrogen (secondary N) is 2. The highest BCUT2D eigenvalue weighted by atomic mass is 35.5. The highest BCUT2D eigenvalue weighted by Crippen LogP contribution is 2.18. The van der Waals surface area contributed by atoms with Gasteiger partial charge in [-0.05, 0) is 42.0 Å². The van der Waals surface area contributed by atoms with Gasteiger partial charge in [0.25, 0.3) is 11.8 Å². The van der Waals surface area contributed by atoms with Crippen molar-refractivity contribution >= 4 is 29.1 Å². The Kier molecular flexibility index (Phi) is 6.00. The van der Waals surface area contributed by atoms with Gasteiger partial charge in [0.15, 0.2) is 5.69 Å². The summed E-state index contributed by atoms with van der Waals surface area (Å²) in [5.74, 6) is -0.571. The Morgan fingerprint density at radius 3 is 2.42 bits per heavy atom. The molecule has 2 aromatic heterocycles. The number of pyridine rings is 1. The zero-order valence-electron chi connectivity index (χ0n) is 16.2. The molecule has 2 N–H and O–H groups in total. The van der Waals surface area contributed by atoms with Crippen molar-refractivity contribution in [1.29, 1.82) is 0 Å². The lowest BCUT2D eigenvalue weighted by Crippen LogP contribution is -2.23. The minimum absolute atomic E-state index is 0.182. The van der Waals surface area contributed by atoms with E-state index in [0.717, 1.165) is 5.56 Å². The SMILES string of the molecule is O=C(Nc1ccc(CNC(=O)c2cn(-c3ccccc3Cl)nn2)cc1)c1ccncc1. The fourth-order valence-corrected chi connectivity index (χ4v) is 3.03. The van der Waals surface area contributed by atoms with E-state index < -0.39 is 0 Å². The molecular weight excluding hydrogens is 416 g/mol. The average Bonchev–Trinajstić information content (AvgIpc) is 3.29. The van der Waals surface area contributed by atoms with Crippen LogP contribution in [0, 0.1) is 0 Å². The van der Waals surface area contributed by atoms with Crippen LogP contribution < -0.4 is 10.6 Å². The Hall–Kier alpha value is -4.04. The second kappa shape index (κ2) is 9.19. The number of halogens is 1. The summed E-state index contributed by atoms with van der Waals surface area (Å²) in [6, 6.07) is 17.6. The Bertz CT molecular complexity index is 1210. The molecule has 31 heavy (non-hydrogen) atoms. The van der Waals surface area contributed by atoms with Crippen LogP contribution in [0.3, 0.4) is 0 Å². The summed E-state index contributed by atoms with van der Waals surface area (Å²) in [7, 11) is 0. The van der Waals surface area contributed by atoms with Crippen LogP contribution in [0.25, 0.3) is 5.69 Å². The number of anilines is 1. The molecule has 2 aromatic carbocycles. The van der Waals surface area contributed by atoms with Gasteiger partial charge >= 0.3 is 0 Å². The van der Waals surface area contributed by atoms with Crippen molar-refractivity contribution in [2.75, 3.05) is 5.32 Å². The summed E-state index contributed by atoms with van der Waals surface area (Å²) < 4.78 is 1.46. The highest BCUT2D eigenvalue weighted by Gasteiger charge is 2.13. The molecule has 4 rings (SSSR count). The number of carbonyl (C=O) groups is 2. The van der Waals surface area contributed by atoms with Gasteiger partial charge in [0.05, 0.1) is 16.9 Å². The van der Waals surface area contributed by atoms with E-state index in [0.29, 0.717) is 28.5 Å². The van der Waals surface area contributed by atoms with Crippen LogP contribution in [-0.4, -0.2) is 31.8 Å². The molecule has 0 saturated carbocycles. The van der Waals surface area contributed by atoms with E-state index in [4.69, 9.17) is 11.6 Å². The zero-order valence-corrected chi connectivity index (χ0v) is 17.0. The molecule has 0 aliphatic heterocycles.